The molecule has 8 heteroatoms. The number of piperidine rings is 1. The average Bonchev–Trinajstić information content (AvgIpc) is 3.10. The molecule has 2 N–H and O–H groups in total. The van der Waals surface area contributed by atoms with E-state index in [0.717, 1.165) is 9.60 Å². The summed E-state index contributed by atoms with van der Waals surface area (Å²) >= 11 is 1.24. The molecular formula is C20H16N4O3S. The molecule has 1 fully saturated rings. The molecule has 2 amide bonds. The van der Waals surface area contributed by atoms with Gasteiger partial charge in [-0.1, -0.05) is 30.3 Å². The van der Waals surface area contributed by atoms with Crippen LogP contribution in [0.5, 0.6) is 0 Å². The molecule has 3 aromatic rings. The summed E-state index contributed by atoms with van der Waals surface area (Å²) in [6.45, 7) is 3.54. The number of carbonyl (C=O) groups excluding carboxylic acids is 3. The lowest BCUT2D eigenvalue weighted by Crippen LogP contribution is -2.55. The van der Waals surface area contributed by atoms with Gasteiger partial charge in [0.05, 0.1) is 15.9 Å². The number of aromatic nitrogens is 1. The minimum atomic E-state index is -1.19. The van der Waals surface area contributed by atoms with Crippen molar-refractivity contribution in [2.75, 3.05) is 4.90 Å². The minimum absolute atomic E-state index is 0.189. The van der Waals surface area contributed by atoms with E-state index in [1.165, 1.54) is 11.3 Å². The Hall–Kier alpha value is -3.39. The number of amides is 2. The second-order valence-electron chi connectivity index (χ2n) is 6.52. The Kier molecular flexibility index (Phi) is 4.27. The van der Waals surface area contributed by atoms with Crippen LogP contribution in [0.25, 0.3) is 10.2 Å². The number of aryl methyl sites for hydroxylation is 2. The molecule has 0 bridgehead atoms. The first-order valence-electron chi connectivity index (χ1n) is 8.56. The summed E-state index contributed by atoms with van der Waals surface area (Å²) in [6.07, 6.45) is 0. The number of ketones is 1. The third-order valence-electron chi connectivity index (χ3n) is 4.73. The number of para-hydroxylation sites is 2. The molecule has 2 heterocycles. The normalized spacial score (nSPS) is 19.1. The lowest BCUT2D eigenvalue weighted by molar-refractivity contribution is -0.139. The Labute approximate surface area is 164 Å². The van der Waals surface area contributed by atoms with Crippen LogP contribution in [0.15, 0.2) is 47.6 Å². The lowest BCUT2D eigenvalue weighted by Gasteiger charge is -2.30. The largest absolute Gasteiger partial charge is 0.323 e. The second-order valence-corrected chi connectivity index (χ2v) is 7.58. The summed E-state index contributed by atoms with van der Waals surface area (Å²) < 4.78 is 0.846. The Morgan fingerprint density at radius 3 is 2.32 bits per heavy atom. The van der Waals surface area contributed by atoms with Gasteiger partial charge in [-0.3, -0.25) is 14.4 Å². The number of hydrazone groups is 1. The molecule has 1 unspecified atom stereocenters. The van der Waals surface area contributed by atoms with E-state index in [1.807, 2.05) is 24.3 Å². The number of anilines is 1. The molecule has 1 aliphatic rings. The van der Waals surface area contributed by atoms with E-state index in [-0.39, 0.29) is 5.71 Å². The monoisotopic (exact) mass is 392 g/mol. The fraction of sp³-hybridized carbons (Fsp3) is 0.150. The highest BCUT2D eigenvalue weighted by Crippen LogP contribution is 2.35. The van der Waals surface area contributed by atoms with Crippen molar-refractivity contribution in [2.24, 2.45) is 10.9 Å². The molecule has 28 heavy (non-hydrogen) atoms. The van der Waals surface area contributed by atoms with Crippen molar-refractivity contribution in [3.63, 3.8) is 0 Å². The van der Waals surface area contributed by atoms with Gasteiger partial charge in [-0.05, 0) is 37.1 Å². The highest BCUT2D eigenvalue weighted by atomic mass is 32.1. The molecule has 0 saturated carbocycles. The van der Waals surface area contributed by atoms with Crippen LogP contribution in [0.2, 0.25) is 0 Å². The van der Waals surface area contributed by atoms with E-state index in [9.17, 15) is 14.4 Å². The quantitative estimate of drug-likeness (QED) is 0.312. The average molecular weight is 392 g/mol. The standard InChI is InChI=1S/C20H16N4O3S/c1-10-6-5-7-11(2)16(10)24-19(26)15(23-21)14(17(25)20(24)27)18-22-12-8-3-4-9-13(12)28-18/h3-9,14H,21H2,1-2H3. The number of carbonyl (C=O) groups is 3. The zero-order chi connectivity index (χ0) is 20.0. The predicted molar refractivity (Wildman–Crippen MR) is 107 cm³/mol. The number of imide groups is 1. The lowest BCUT2D eigenvalue weighted by atomic mass is 9.91. The molecular weight excluding hydrogens is 376 g/mol. The summed E-state index contributed by atoms with van der Waals surface area (Å²) in [4.78, 5) is 44.4. The summed E-state index contributed by atoms with van der Waals surface area (Å²) in [7, 11) is 0. The maximum atomic E-state index is 13.1. The number of Topliss-reactive ketones (excluding diaryl/α,β-unsaturated/α-hetero) is 1. The third-order valence-corrected chi connectivity index (χ3v) is 5.83. The van der Waals surface area contributed by atoms with E-state index in [0.29, 0.717) is 27.3 Å². The van der Waals surface area contributed by atoms with Crippen molar-refractivity contribution in [2.45, 2.75) is 19.8 Å². The molecule has 4 rings (SSSR count). The summed E-state index contributed by atoms with van der Waals surface area (Å²) in [5.74, 6) is 1.93. The summed E-state index contributed by atoms with van der Waals surface area (Å²) in [6, 6.07) is 12.7. The van der Waals surface area contributed by atoms with Crippen molar-refractivity contribution in [3.05, 3.63) is 58.6 Å². The van der Waals surface area contributed by atoms with Gasteiger partial charge in [0.2, 0.25) is 5.78 Å². The third kappa shape index (κ3) is 2.61. The number of nitrogens with two attached hydrogens (primary N) is 1. The Morgan fingerprint density at radius 1 is 1.00 bits per heavy atom. The van der Waals surface area contributed by atoms with Gasteiger partial charge in [0.15, 0.2) is 0 Å². The van der Waals surface area contributed by atoms with Crippen LogP contribution in [-0.4, -0.2) is 28.3 Å². The van der Waals surface area contributed by atoms with Crippen molar-refractivity contribution in [1.82, 2.24) is 4.98 Å². The van der Waals surface area contributed by atoms with Crippen LogP contribution in [0.3, 0.4) is 0 Å². The van der Waals surface area contributed by atoms with Crippen LogP contribution in [0, 0.1) is 13.8 Å². The Bertz CT molecular complexity index is 1130. The molecule has 0 spiro atoms. The van der Waals surface area contributed by atoms with E-state index in [2.05, 4.69) is 10.1 Å². The molecule has 0 radical (unpaired) electrons. The number of thiazole rings is 1. The zero-order valence-corrected chi connectivity index (χ0v) is 16.0. The number of hydrogen-bond acceptors (Lipinski definition) is 7. The Balaban J connectivity index is 1.85. The number of benzene rings is 2. The van der Waals surface area contributed by atoms with Gasteiger partial charge in [-0.25, -0.2) is 9.88 Å². The van der Waals surface area contributed by atoms with E-state index in [4.69, 9.17) is 5.84 Å². The van der Waals surface area contributed by atoms with Crippen LogP contribution >= 0.6 is 11.3 Å². The van der Waals surface area contributed by atoms with Crippen LogP contribution in [-0.2, 0) is 14.4 Å². The minimum Gasteiger partial charge on any atom is -0.323 e. The fourth-order valence-electron chi connectivity index (χ4n) is 3.42. The zero-order valence-electron chi connectivity index (χ0n) is 15.2. The van der Waals surface area contributed by atoms with Gasteiger partial charge in [0.1, 0.15) is 16.6 Å². The number of nitrogens with zero attached hydrogens (tertiary/aromatic N) is 3. The van der Waals surface area contributed by atoms with Crippen molar-refractivity contribution in [3.8, 4) is 0 Å². The highest BCUT2D eigenvalue weighted by molar-refractivity contribution is 7.19. The topological polar surface area (TPSA) is 106 Å². The summed E-state index contributed by atoms with van der Waals surface area (Å²) in [5, 5.41) is 3.93. The van der Waals surface area contributed by atoms with Gasteiger partial charge in [-0.2, -0.15) is 5.10 Å². The highest BCUT2D eigenvalue weighted by Gasteiger charge is 2.48. The van der Waals surface area contributed by atoms with Crippen LogP contribution < -0.4 is 10.7 Å². The number of rotatable bonds is 2. The number of hydrogen-bond donors (Lipinski definition) is 1. The van der Waals surface area contributed by atoms with Crippen LogP contribution in [0.1, 0.15) is 22.1 Å². The van der Waals surface area contributed by atoms with Gasteiger partial charge in [0, 0.05) is 0 Å². The van der Waals surface area contributed by atoms with Crippen molar-refractivity contribution < 1.29 is 14.4 Å². The molecule has 1 aromatic heterocycles. The van der Waals surface area contributed by atoms with Gasteiger partial charge < -0.3 is 5.84 Å². The maximum absolute atomic E-state index is 13.1. The van der Waals surface area contributed by atoms with E-state index >= 15 is 0 Å². The van der Waals surface area contributed by atoms with Crippen molar-refractivity contribution >= 4 is 50.6 Å². The fourth-order valence-corrected chi connectivity index (χ4v) is 4.49. The molecule has 1 saturated heterocycles. The first-order valence-corrected chi connectivity index (χ1v) is 9.37. The molecule has 2 aromatic carbocycles. The smallest absolute Gasteiger partial charge is 0.302 e. The van der Waals surface area contributed by atoms with Crippen LogP contribution in [0.4, 0.5) is 5.69 Å². The first-order chi connectivity index (χ1) is 13.4. The molecule has 1 atom stereocenters. The molecule has 140 valence electrons. The predicted octanol–water partition coefficient (Wildman–Crippen LogP) is 2.45. The first kappa shape index (κ1) is 18.0. The Morgan fingerprint density at radius 2 is 1.68 bits per heavy atom. The van der Waals surface area contributed by atoms with Gasteiger partial charge in [0.25, 0.3) is 5.91 Å². The molecule has 1 aliphatic heterocycles. The van der Waals surface area contributed by atoms with E-state index in [1.54, 1.807) is 32.0 Å². The van der Waals surface area contributed by atoms with E-state index < -0.39 is 23.5 Å². The summed E-state index contributed by atoms with van der Waals surface area (Å²) in [5.41, 5.74) is 2.28. The molecule has 7 nitrogen and oxygen atoms in total. The molecule has 0 aliphatic carbocycles. The van der Waals surface area contributed by atoms with Crippen molar-refractivity contribution in [1.29, 1.82) is 0 Å². The van der Waals surface area contributed by atoms with Gasteiger partial charge >= 0.3 is 5.91 Å². The maximum Gasteiger partial charge on any atom is 0.302 e. The van der Waals surface area contributed by atoms with Gasteiger partial charge in [-0.15, -0.1) is 11.3 Å². The number of fused-ring (bicyclic) bond motifs is 1. The second kappa shape index (κ2) is 6.65. The SMILES string of the molecule is Cc1cccc(C)c1N1C(=O)C(=O)C(c2nc3ccccc3s2)C(=NN)C1=O.